The Morgan fingerprint density at radius 3 is 2.55 bits per heavy atom. The molecule has 1 saturated carbocycles. The van der Waals surface area contributed by atoms with Crippen LogP contribution in [0.2, 0.25) is 0 Å². The highest BCUT2D eigenvalue weighted by Crippen LogP contribution is 2.30. The van der Waals surface area contributed by atoms with E-state index in [2.05, 4.69) is 26.3 Å². The molecule has 1 aliphatic carbocycles. The SMILES string of the molecule is CCN(CC)S(=O)(=O)c1ccc(Br)c(C(=O)Nc2ccnn2C2CCCCC2)c1. The average molecular weight is 483 g/mol. The first-order chi connectivity index (χ1) is 13.9. The van der Waals surface area contributed by atoms with Crippen LogP contribution < -0.4 is 5.32 Å². The van der Waals surface area contributed by atoms with Gasteiger partial charge in [-0.05, 0) is 47.0 Å². The molecule has 1 aliphatic rings. The maximum atomic E-state index is 13.0. The highest BCUT2D eigenvalue weighted by molar-refractivity contribution is 9.10. The predicted octanol–water partition coefficient (Wildman–Crippen LogP) is 4.43. The number of halogens is 1. The number of nitrogens with one attached hydrogen (secondary N) is 1. The van der Waals surface area contributed by atoms with Gasteiger partial charge in [0.25, 0.3) is 5.91 Å². The van der Waals surface area contributed by atoms with E-state index < -0.39 is 10.0 Å². The summed E-state index contributed by atoms with van der Waals surface area (Å²) in [6, 6.07) is 6.60. The van der Waals surface area contributed by atoms with E-state index in [1.54, 1.807) is 32.2 Å². The Hall–Kier alpha value is -1.71. The number of carbonyl (C=O) groups is 1. The van der Waals surface area contributed by atoms with Crippen LogP contribution in [0.1, 0.15) is 62.4 Å². The standard InChI is InChI=1S/C20H27BrN4O3S/c1-3-24(4-2)29(27,28)16-10-11-18(21)17(14-16)20(26)23-19-12-13-22-25(19)15-8-6-5-7-9-15/h10-15H,3-9H2,1-2H3,(H,23,26). The van der Waals surface area contributed by atoms with Gasteiger partial charge in [0.1, 0.15) is 5.82 Å². The van der Waals surface area contributed by atoms with Crippen molar-refractivity contribution in [3.05, 3.63) is 40.5 Å². The summed E-state index contributed by atoms with van der Waals surface area (Å²) in [7, 11) is -3.65. The van der Waals surface area contributed by atoms with Crippen molar-refractivity contribution in [3.63, 3.8) is 0 Å². The number of nitrogens with zero attached hydrogens (tertiary/aromatic N) is 3. The molecule has 0 unspecified atom stereocenters. The third-order valence-electron chi connectivity index (χ3n) is 5.36. The van der Waals surface area contributed by atoms with E-state index in [0.717, 1.165) is 25.7 Å². The van der Waals surface area contributed by atoms with Gasteiger partial charge in [0.2, 0.25) is 10.0 Å². The molecular weight excluding hydrogens is 456 g/mol. The summed E-state index contributed by atoms with van der Waals surface area (Å²) < 4.78 is 29.4. The Bertz CT molecular complexity index is 964. The molecule has 29 heavy (non-hydrogen) atoms. The molecule has 1 amide bonds. The van der Waals surface area contributed by atoms with Crippen LogP contribution in [0.15, 0.2) is 39.8 Å². The Morgan fingerprint density at radius 1 is 1.21 bits per heavy atom. The van der Waals surface area contributed by atoms with Crippen LogP contribution >= 0.6 is 15.9 Å². The maximum absolute atomic E-state index is 13.0. The lowest BCUT2D eigenvalue weighted by molar-refractivity contribution is 0.102. The molecule has 9 heteroatoms. The Kier molecular flexibility index (Phi) is 7.13. The highest BCUT2D eigenvalue weighted by Gasteiger charge is 2.25. The molecule has 0 saturated heterocycles. The van der Waals surface area contributed by atoms with E-state index >= 15 is 0 Å². The minimum Gasteiger partial charge on any atom is -0.307 e. The fourth-order valence-corrected chi connectivity index (χ4v) is 5.68. The van der Waals surface area contributed by atoms with Gasteiger partial charge >= 0.3 is 0 Å². The summed E-state index contributed by atoms with van der Waals surface area (Å²) in [6.07, 6.45) is 7.34. The molecule has 158 valence electrons. The molecule has 2 aromatic rings. The fraction of sp³-hybridized carbons (Fsp3) is 0.500. The number of rotatable bonds is 7. The lowest BCUT2D eigenvalue weighted by Gasteiger charge is -2.24. The first-order valence-electron chi connectivity index (χ1n) is 10.0. The van der Waals surface area contributed by atoms with Crippen molar-refractivity contribution >= 4 is 37.7 Å². The van der Waals surface area contributed by atoms with E-state index in [0.29, 0.717) is 23.4 Å². The number of amides is 1. The smallest absolute Gasteiger partial charge is 0.257 e. The Labute approximate surface area is 180 Å². The van der Waals surface area contributed by atoms with Gasteiger partial charge in [0, 0.05) is 23.6 Å². The van der Waals surface area contributed by atoms with Crippen molar-refractivity contribution in [3.8, 4) is 0 Å². The molecule has 1 N–H and O–H groups in total. The van der Waals surface area contributed by atoms with E-state index in [9.17, 15) is 13.2 Å². The molecule has 1 heterocycles. The summed E-state index contributed by atoms with van der Waals surface area (Å²) in [5.74, 6) is 0.261. The molecule has 3 rings (SSSR count). The number of hydrogen-bond donors (Lipinski definition) is 1. The van der Waals surface area contributed by atoms with Crippen molar-refractivity contribution in [2.24, 2.45) is 0 Å². The Morgan fingerprint density at radius 2 is 1.90 bits per heavy atom. The normalized spacial score (nSPS) is 15.6. The summed E-state index contributed by atoms with van der Waals surface area (Å²) in [5, 5.41) is 7.30. The van der Waals surface area contributed by atoms with Gasteiger partial charge in [-0.1, -0.05) is 33.1 Å². The van der Waals surface area contributed by atoms with Gasteiger partial charge in [-0.25, -0.2) is 13.1 Å². The van der Waals surface area contributed by atoms with Crippen LogP contribution in [-0.2, 0) is 10.0 Å². The van der Waals surface area contributed by atoms with Crippen molar-refractivity contribution in [1.82, 2.24) is 14.1 Å². The summed E-state index contributed by atoms with van der Waals surface area (Å²) in [5.41, 5.74) is 0.273. The first-order valence-corrected chi connectivity index (χ1v) is 12.3. The molecule has 7 nitrogen and oxygen atoms in total. The number of sulfonamides is 1. The number of hydrogen-bond acceptors (Lipinski definition) is 4. The largest absolute Gasteiger partial charge is 0.307 e. The molecule has 1 aromatic carbocycles. The predicted molar refractivity (Wildman–Crippen MR) is 117 cm³/mol. The molecular formula is C20H27BrN4O3S. The van der Waals surface area contributed by atoms with Crippen LogP contribution in [0, 0.1) is 0 Å². The van der Waals surface area contributed by atoms with E-state index in [1.165, 1.54) is 22.9 Å². The number of anilines is 1. The third-order valence-corrected chi connectivity index (χ3v) is 8.10. The quantitative estimate of drug-likeness (QED) is 0.632. The van der Waals surface area contributed by atoms with Crippen LogP contribution in [0.5, 0.6) is 0 Å². The Balaban J connectivity index is 1.86. The summed E-state index contributed by atoms with van der Waals surface area (Å²) in [6.45, 7) is 4.33. The van der Waals surface area contributed by atoms with Crippen LogP contribution in [0.4, 0.5) is 5.82 Å². The highest BCUT2D eigenvalue weighted by atomic mass is 79.9. The van der Waals surface area contributed by atoms with Crippen LogP contribution in [0.25, 0.3) is 0 Å². The van der Waals surface area contributed by atoms with Crippen molar-refractivity contribution in [2.75, 3.05) is 18.4 Å². The van der Waals surface area contributed by atoms with Gasteiger partial charge in [-0.2, -0.15) is 9.40 Å². The van der Waals surface area contributed by atoms with Gasteiger partial charge in [0.15, 0.2) is 0 Å². The average Bonchev–Trinajstić information content (AvgIpc) is 3.17. The van der Waals surface area contributed by atoms with Crippen LogP contribution in [0.3, 0.4) is 0 Å². The minimum absolute atomic E-state index is 0.107. The first kappa shape index (κ1) is 22.0. The minimum atomic E-state index is -3.65. The second-order valence-corrected chi connectivity index (χ2v) is 9.93. The monoisotopic (exact) mass is 482 g/mol. The van der Waals surface area contributed by atoms with Crippen molar-refractivity contribution in [2.45, 2.75) is 56.9 Å². The number of carbonyl (C=O) groups excluding carboxylic acids is 1. The zero-order valence-corrected chi connectivity index (χ0v) is 19.2. The van der Waals surface area contributed by atoms with Crippen molar-refractivity contribution in [1.29, 1.82) is 0 Å². The molecule has 0 spiro atoms. The van der Waals surface area contributed by atoms with Gasteiger partial charge in [-0.15, -0.1) is 0 Å². The summed E-state index contributed by atoms with van der Waals surface area (Å²) in [4.78, 5) is 13.1. The zero-order valence-electron chi connectivity index (χ0n) is 16.8. The molecule has 0 radical (unpaired) electrons. The lowest BCUT2D eigenvalue weighted by Crippen LogP contribution is -2.30. The number of aromatic nitrogens is 2. The molecule has 1 fully saturated rings. The van der Waals surface area contributed by atoms with Gasteiger partial charge in [0.05, 0.1) is 22.7 Å². The second kappa shape index (κ2) is 9.40. The van der Waals surface area contributed by atoms with Gasteiger partial charge in [-0.3, -0.25) is 4.79 Å². The molecule has 0 bridgehead atoms. The molecule has 0 aliphatic heterocycles. The fourth-order valence-electron chi connectivity index (χ4n) is 3.76. The zero-order chi connectivity index (χ0) is 21.0. The second-order valence-electron chi connectivity index (χ2n) is 7.14. The summed E-state index contributed by atoms with van der Waals surface area (Å²) >= 11 is 3.38. The topological polar surface area (TPSA) is 84.3 Å². The van der Waals surface area contributed by atoms with E-state index in [1.807, 2.05) is 4.68 Å². The van der Waals surface area contributed by atoms with Gasteiger partial charge < -0.3 is 5.32 Å². The van der Waals surface area contributed by atoms with Crippen molar-refractivity contribution < 1.29 is 13.2 Å². The third kappa shape index (κ3) is 4.73. The van der Waals surface area contributed by atoms with E-state index in [-0.39, 0.29) is 22.4 Å². The maximum Gasteiger partial charge on any atom is 0.257 e. The van der Waals surface area contributed by atoms with Crippen LogP contribution in [-0.4, -0.2) is 41.5 Å². The number of benzene rings is 1. The lowest BCUT2D eigenvalue weighted by atomic mass is 9.96. The molecule has 1 aromatic heterocycles. The van der Waals surface area contributed by atoms with E-state index in [4.69, 9.17) is 0 Å². The molecule has 0 atom stereocenters.